The fourth-order valence-corrected chi connectivity index (χ4v) is 13.3. The maximum absolute atomic E-state index is 14.2. The number of amides is 4. The molecule has 4 aromatic carbocycles. The van der Waals surface area contributed by atoms with Crippen LogP contribution in [-0.2, 0) is 62.3 Å². The Morgan fingerprint density at radius 3 is 1.57 bits per heavy atom. The van der Waals surface area contributed by atoms with E-state index in [9.17, 15) is 68.4 Å². The van der Waals surface area contributed by atoms with Crippen molar-refractivity contribution in [3.05, 3.63) is 186 Å². The zero-order valence-electron chi connectivity index (χ0n) is 65.4. The molecule has 9 N–H and O–H groups in total. The first-order valence-corrected chi connectivity index (χ1v) is 38.5. The first-order chi connectivity index (χ1) is 52.4. The average molecular weight is 1510 g/mol. The first kappa shape index (κ1) is 90.0. The molecule has 1 unspecified atom stereocenters. The van der Waals surface area contributed by atoms with Gasteiger partial charge < -0.3 is 55.9 Å². The molecule has 10 atom stereocenters. The summed E-state index contributed by atoms with van der Waals surface area (Å²) in [7, 11) is -3.31. The van der Waals surface area contributed by atoms with E-state index in [0.717, 1.165) is 22.3 Å². The molecule has 2 aliphatic heterocycles. The minimum Gasteiger partial charge on any atom is -0.427 e. The summed E-state index contributed by atoms with van der Waals surface area (Å²) >= 11 is 0. The van der Waals surface area contributed by atoms with Gasteiger partial charge in [-0.2, -0.15) is 0 Å². The number of pyridine rings is 1. The van der Waals surface area contributed by atoms with E-state index in [4.69, 9.17) is 9.47 Å². The van der Waals surface area contributed by atoms with Gasteiger partial charge in [-0.15, -0.1) is 0 Å². The normalized spacial score (nSPS) is 16.5. The molecule has 2 aromatic heterocycles. The number of ether oxygens (including phenoxy) is 2. The molecule has 24 nitrogen and oxygen atoms in total. The number of carbonyl (C=O) groups is 9. The lowest BCUT2D eigenvalue weighted by Crippen LogP contribution is -2.50. The lowest BCUT2D eigenvalue weighted by molar-refractivity contribution is -0.135. The Labute approximate surface area is 648 Å². The molecule has 2 aliphatic rings. The van der Waals surface area contributed by atoms with E-state index in [0.29, 0.717) is 83.5 Å². The van der Waals surface area contributed by atoms with Crippen molar-refractivity contribution in [2.45, 2.75) is 188 Å². The van der Waals surface area contributed by atoms with Gasteiger partial charge in [0.1, 0.15) is 17.0 Å². The number of aromatic nitrogens is 3. The van der Waals surface area contributed by atoms with Crippen LogP contribution in [0.5, 0.6) is 0 Å². The van der Waals surface area contributed by atoms with E-state index >= 15 is 0 Å². The Balaban J connectivity index is 0.000000278. The van der Waals surface area contributed by atoms with Gasteiger partial charge in [-0.1, -0.05) is 183 Å². The summed E-state index contributed by atoms with van der Waals surface area (Å²) in [4.78, 5) is 134. The molecular formula is C84H114B2N8O16. The summed E-state index contributed by atoms with van der Waals surface area (Å²) in [6, 6.07) is 40.7. The van der Waals surface area contributed by atoms with Gasteiger partial charge in [-0.25, -0.2) is 9.97 Å². The summed E-state index contributed by atoms with van der Waals surface area (Å²) in [5, 5.41) is 59.7. The van der Waals surface area contributed by atoms with Crippen molar-refractivity contribution in [3.8, 4) is 11.3 Å². The van der Waals surface area contributed by atoms with E-state index in [1.165, 1.54) is 25.5 Å². The molecule has 0 spiro atoms. The fraction of sp³-hybridized carbons (Fsp3) is 0.500. The first-order valence-electron chi connectivity index (χ1n) is 38.5. The number of morpholine rings is 1. The van der Waals surface area contributed by atoms with Gasteiger partial charge in [0, 0.05) is 74.4 Å². The number of ketones is 5. The number of hydrogen-bond donors (Lipinski definition) is 9. The van der Waals surface area contributed by atoms with Crippen molar-refractivity contribution in [1.82, 2.24) is 41.1 Å². The second kappa shape index (κ2) is 46.1. The number of nitrogens with one attached hydrogen (secondary N) is 4. The molecule has 2 saturated heterocycles. The van der Waals surface area contributed by atoms with Gasteiger partial charge in [0.05, 0.1) is 74.3 Å². The maximum Gasteiger partial charge on any atom is 0.475 e. The molecule has 0 saturated carbocycles. The predicted molar refractivity (Wildman–Crippen MR) is 422 cm³/mol. The fourth-order valence-electron chi connectivity index (χ4n) is 13.3. The summed E-state index contributed by atoms with van der Waals surface area (Å²) < 4.78 is 10.9. The van der Waals surface area contributed by atoms with E-state index in [2.05, 4.69) is 36.2 Å². The molecule has 4 heterocycles. The molecule has 6 aromatic rings. The topological polar surface area (TPSA) is 367 Å². The number of aliphatic hydroxyl groups is 1. The van der Waals surface area contributed by atoms with Crippen LogP contribution in [-0.4, -0.2) is 187 Å². The smallest absolute Gasteiger partial charge is 0.427 e. The Morgan fingerprint density at radius 2 is 1.05 bits per heavy atom. The Kier molecular flexibility index (Phi) is 37.7. The second-order valence-corrected chi connectivity index (χ2v) is 30.8. The van der Waals surface area contributed by atoms with Gasteiger partial charge >= 0.3 is 14.2 Å². The lowest BCUT2D eigenvalue weighted by Gasteiger charge is -2.28. The SMILES string of the molecule is CC(C)C[C@@H](CC(=O)[C@@H](Cc1ccccc1)NC(=O)c1cnccn1)B(O)O.CC(C)C[C@H](CC(=O)[C@H](CCc1ccccc1)NC(=O)CN1CCOCC1)C(=O)N[C@@H](Cc1ccccc1)C(=O)C[C@@H](CC(C)C)C(=O)C1(C)CO1.CC(C)C[C@H](NC(=O)[C@@H](CC(=O)c1cccc(-c2ccccc2)n1)[C@@H](C)O)B(O)O. The van der Waals surface area contributed by atoms with Crippen molar-refractivity contribution >= 4 is 66.8 Å². The van der Waals surface area contributed by atoms with Crippen LogP contribution in [0.15, 0.2) is 158 Å². The quantitative estimate of drug-likeness (QED) is 0.00988. The number of aliphatic hydroxyl groups excluding tert-OH is 1. The van der Waals surface area contributed by atoms with Crippen LogP contribution in [0.25, 0.3) is 11.3 Å². The van der Waals surface area contributed by atoms with Crippen LogP contribution in [0.1, 0.15) is 165 Å². The minimum absolute atomic E-state index is 0.00173. The van der Waals surface area contributed by atoms with Crippen molar-refractivity contribution < 1.29 is 77.8 Å². The van der Waals surface area contributed by atoms with Crippen LogP contribution in [0.4, 0.5) is 0 Å². The van der Waals surface area contributed by atoms with Crippen molar-refractivity contribution in [3.63, 3.8) is 0 Å². The largest absolute Gasteiger partial charge is 0.475 e. The molecule has 592 valence electrons. The second-order valence-electron chi connectivity index (χ2n) is 30.8. The van der Waals surface area contributed by atoms with Crippen molar-refractivity contribution in [2.75, 3.05) is 39.5 Å². The summed E-state index contributed by atoms with van der Waals surface area (Å²) in [6.07, 6.45) is 6.14. The molecule has 2 fully saturated rings. The number of nitrogens with zero attached hydrogens (tertiary/aromatic N) is 4. The van der Waals surface area contributed by atoms with Crippen LogP contribution in [0, 0.1) is 41.4 Å². The number of carbonyl (C=O) groups excluding carboxylic acids is 9. The highest BCUT2D eigenvalue weighted by Gasteiger charge is 2.50. The van der Waals surface area contributed by atoms with Crippen molar-refractivity contribution in [2.24, 2.45) is 41.4 Å². The monoisotopic (exact) mass is 1510 g/mol. The highest BCUT2D eigenvalue weighted by molar-refractivity contribution is 6.44. The standard InChI is InChI=1S/C42H59N3O7.C22H29BN2O5.C20H26BN3O4/c1-29(2)22-33(40(49)42(5)28-52-42)25-38(47)36(24-32-14-10-7-11-15-32)44-41(50)34(23-30(3)4)26-37(46)35(17-16-31-12-8-6-9-13-31)43-39(48)27-45-18-20-51-21-19-45;1-14(2)12-21(23(29)30)25-22(28)17(15(3)26)13-20(27)19-11-7-10-18(24-19)16-8-5-4-6-9-16;1-14(2)10-16(21(27)28)12-19(25)17(11-15-6-4-3-5-7-15)24-20(26)18-13-22-8-9-23-18/h6-15,29-30,33-36H,16-28H2,1-5H3,(H,43,48)(H,44,50);4-11,14-15,17,21,26,29-30H,12-13H2,1-3H3,(H,25,28);3-9,13-14,16-17,27-28H,10-12H2,1-2H3,(H,24,26)/t33-,34-,35+,36+,42?;15-,17+,21+;16-,17+/m110/s1. The lowest BCUT2D eigenvalue weighted by atomic mass is 9.66. The van der Waals surface area contributed by atoms with Crippen LogP contribution < -0.4 is 21.3 Å². The van der Waals surface area contributed by atoms with Crippen LogP contribution in [0.2, 0.25) is 5.82 Å². The number of benzene rings is 4. The average Bonchev–Trinajstić information content (AvgIpc) is 1.65. The third kappa shape index (κ3) is 31.9. The summed E-state index contributed by atoms with van der Waals surface area (Å²) in [6.45, 7) is 21.9. The molecule has 0 aliphatic carbocycles. The Bertz CT molecular complexity index is 3830. The maximum atomic E-state index is 14.2. The molecule has 0 radical (unpaired) electrons. The van der Waals surface area contributed by atoms with E-state index in [-0.39, 0.29) is 114 Å². The molecule has 4 amide bonds. The highest BCUT2D eigenvalue weighted by Crippen LogP contribution is 2.34. The third-order valence-corrected chi connectivity index (χ3v) is 19.3. The van der Waals surface area contributed by atoms with Crippen molar-refractivity contribution in [1.29, 1.82) is 0 Å². The number of rotatable bonds is 42. The van der Waals surface area contributed by atoms with E-state index < -0.39 is 85.4 Å². The summed E-state index contributed by atoms with van der Waals surface area (Å²) in [5.41, 5.74) is 3.81. The van der Waals surface area contributed by atoms with Gasteiger partial charge in [0.2, 0.25) is 17.7 Å². The number of epoxide rings is 1. The minimum atomic E-state index is -1.73. The summed E-state index contributed by atoms with van der Waals surface area (Å²) in [5.74, 6) is -5.93. The molecule has 0 bridgehead atoms. The number of hydrogen-bond acceptors (Lipinski definition) is 20. The third-order valence-electron chi connectivity index (χ3n) is 19.3. The molecule has 8 rings (SSSR count). The van der Waals surface area contributed by atoms with E-state index in [1.807, 2.05) is 182 Å². The van der Waals surface area contributed by atoms with Gasteiger partial charge in [-0.3, -0.25) is 53.0 Å². The zero-order chi connectivity index (χ0) is 80.5. The zero-order valence-corrected chi connectivity index (χ0v) is 65.4. The Morgan fingerprint density at radius 1 is 0.536 bits per heavy atom. The van der Waals surface area contributed by atoms with Crippen LogP contribution >= 0.6 is 0 Å². The van der Waals surface area contributed by atoms with Gasteiger partial charge in [-0.05, 0) is 118 Å². The van der Waals surface area contributed by atoms with E-state index in [1.54, 1.807) is 25.1 Å². The van der Waals surface area contributed by atoms with Gasteiger partial charge in [0.15, 0.2) is 28.9 Å². The number of Topliss-reactive ketones (excluding diaryl/α,β-unsaturated/α-hetero) is 5. The van der Waals surface area contributed by atoms with Gasteiger partial charge in [0.25, 0.3) is 5.91 Å². The molecule has 110 heavy (non-hydrogen) atoms. The Hall–Kier alpha value is -8.85. The molecule has 26 heteroatoms. The highest BCUT2D eigenvalue weighted by atomic mass is 16.6. The molecular weight excluding hydrogens is 1400 g/mol. The predicted octanol–water partition coefficient (Wildman–Crippen LogP) is 8.29. The number of aryl methyl sites for hydroxylation is 1. The van der Waals surface area contributed by atoms with Crippen LogP contribution in [0.3, 0.4) is 0 Å².